The average molecular weight is 358 g/mol. The summed E-state index contributed by atoms with van der Waals surface area (Å²) in [6.45, 7) is 5.25. The third-order valence-corrected chi connectivity index (χ3v) is 5.11. The molecule has 1 N–H and O–H groups in total. The number of aliphatic hydroxyl groups is 1. The highest BCUT2D eigenvalue weighted by atomic mass is 16.3. The summed E-state index contributed by atoms with van der Waals surface area (Å²) in [5, 5.41) is 15.3. The monoisotopic (exact) mass is 358 g/mol. The maximum absolute atomic E-state index is 12.6. The molecule has 0 aliphatic carbocycles. The van der Waals surface area contributed by atoms with Crippen molar-refractivity contribution in [3.8, 4) is 0 Å². The van der Waals surface area contributed by atoms with Gasteiger partial charge in [0.05, 0.1) is 25.2 Å². The molecule has 0 aromatic carbocycles. The highest BCUT2D eigenvalue weighted by Gasteiger charge is 2.39. The largest absolute Gasteiger partial charge is 0.386 e. The predicted molar refractivity (Wildman–Crippen MR) is 97.8 cm³/mol. The summed E-state index contributed by atoms with van der Waals surface area (Å²) in [5.74, 6) is 0.589. The molecule has 26 heavy (non-hydrogen) atoms. The number of hydrogen-bond acceptors (Lipinski definition) is 6. The molecule has 3 heterocycles. The van der Waals surface area contributed by atoms with Gasteiger partial charge >= 0.3 is 0 Å². The lowest BCUT2D eigenvalue weighted by atomic mass is 10.0. The molecular formula is C18H26N6O2. The molecule has 1 fully saturated rings. The van der Waals surface area contributed by atoms with Gasteiger partial charge < -0.3 is 14.9 Å². The quantitative estimate of drug-likeness (QED) is 0.836. The number of β-amino-alcohol motifs (C(OH)–C–C–N with tert-alkyl or cyclic N) is 1. The molecule has 1 aliphatic heterocycles. The van der Waals surface area contributed by atoms with E-state index in [0.29, 0.717) is 31.9 Å². The van der Waals surface area contributed by atoms with Crippen molar-refractivity contribution < 1.29 is 9.90 Å². The number of nitrogens with zero attached hydrogens (tertiary/aromatic N) is 6. The van der Waals surface area contributed by atoms with Gasteiger partial charge in [0.1, 0.15) is 5.60 Å². The average Bonchev–Trinajstić information content (AvgIpc) is 3.11. The van der Waals surface area contributed by atoms with Gasteiger partial charge in [-0.2, -0.15) is 5.10 Å². The Bertz CT molecular complexity index is 790. The Hall–Kier alpha value is -2.48. The number of aromatic nitrogens is 4. The molecule has 1 unspecified atom stereocenters. The molecule has 1 saturated heterocycles. The molecule has 140 valence electrons. The second-order valence-electron chi connectivity index (χ2n) is 7.14. The second-order valence-corrected chi connectivity index (χ2v) is 7.14. The van der Waals surface area contributed by atoms with Gasteiger partial charge in [-0.3, -0.25) is 9.48 Å². The summed E-state index contributed by atoms with van der Waals surface area (Å²) in [7, 11) is 3.62. The summed E-state index contributed by atoms with van der Waals surface area (Å²) < 4.78 is 1.79. The number of aryl methyl sites for hydroxylation is 2. The minimum atomic E-state index is -0.956. The molecular weight excluding hydrogens is 332 g/mol. The molecule has 0 saturated carbocycles. The SMILES string of the molecule is Cc1nn(C)c(C)c1CC(=O)N(C)CC1(O)CCN(c2ncccn2)C1. The number of hydrogen-bond donors (Lipinski definition) is 1. The first-order valence-corrected chi connectivity index (χ1v) is 8.76. The maximum atomic E-state index is 12.6. The summed E-state index contributed by atoms with van der Waals surface area (Å²) in [5.41, 5.74) is 1.87. The Morgan fingerprint density at radius 1 is 1.35 bits per heavy atom. The van der Waals surface area contributed by atoms with E-state index >= 15 is 0 Å². The topological polar surface area (TPSA) is 87.4 Å². The summed E-state index contributed by atoms with van der Waals surface area (Å²) in [6, 6.07) is 1.76. The van der Waals surface area contributed by atoms with Crippen molar-refractivity contribution in [1.82, 2.24) is 24.6 Å². The van der Waals surface area contributed by atoms with Crippen LogP contribution in [-0.2, 0) is 18.3 Å². The molecule has 1 amide bonds. The van der Waals surface area contributed by atoms with Crippen LogP contribution in [0.25, 0.3) is 0 Å². The summed E-state index contributed by atoms with van der Waals surface area (Å²) >= 11 is 0. The van der Waals surface area contributed by atoms with Crippen LogP contribution < -0.4 is 4.90 Å². The van der Waals surface area contributed by atoms with E-state index in [9.17, 15) is 9.90 Å². The molecule has 3 rings (SSSR count). The van der Waals surface area contributed by atoms with Crippen molar-refractivity contribution in [3.05, 3.63) is 35.4 Å². The summed E-state index contributed by atoms with van der Waals surface area (Å²) in [4.78, 5) is 24.7. The predicted octanol–water partition coefficient (Wildman–Crippen LogP) is 0.469. The number of likely N-dealkylation sites (N-methyl/N-ethyl adjacent to an activating group) is 1. The number of rotatable bonds is 5. The van der Waals surface area contributed by atoms with E-state index in [1.54, 1.807) is 35.1 Å². The first kappa shape index (κ1) is 18.3. The molecule has 0 spiro atoms. The van der Waals surface area contributed by atoms with Crippen LogP contribution in [0, 0.1) is 13.8 Å². The van der Waals surface area contributed by atoms with Crippen LogP contribution >= 0.6 is 0 Å². The van der Waals surface area contributed by atoms with Gasteiger partial charge in [0, 0.05) is 44.3 Å². The molecule has 1 aliphatic rings. The maximum Gasteiger partial charge on any atom is 0.226 e. The Morgan fingerprint density at radius 3 is 2.65 bits per heavy atom. The fraction of sp³-hybridized carbons (Fsp3) is 0.556. The molecule has 8 heteroatoms. The smallest absolute Gasteiger partial charge is 0.226 e. The normalized spacial score (nSPS) is 19.8. The lowest BCUT2D eigenvalue weighted by molar-refractivity contribution is -0.132. The van der Waals surface area contributed by atoms with Crippen LogP contribution in [0.4, 0.5) is 5.95 Å². The molecule has 1 atom stereocenters. The van der Waals surface area contributed by atoms with Crippen molar-refractivity contribution >= 4 is 11.9 Å². The fourth-order valence-electron chi connectivity index (χ4n) is 3.50. The Labute approximate surface area is 153 Å². The van der Waals surface area contributed by atoms with Crippen LogP contribution in [0.15, 0.2) is 18.5 Å². The molecule has 2 aromatic heterocycles. The lowest BCUT2D eigenvalue weighted by Crippen LogP contribution is -2.46. The van der Waals surface area contributed by atoms with Crippen LogP contribution in [0.5, 0.6) is 0 Å². The lowest BCUT2D eigenvalue weighted by Gasteiger charge is -2.29. The molecule has 8 nitrogen and oxygen atoms in total. The number of amides is 1. The first-order chi connectivity index (χ1) is 12.3. The Balaban J connectivity index is 1.62. The van der Waals surface area contributed by atoms with Crippen LogP contribution in [0.2, 0.25) is 0 Å². The third kappa shape index (κ3) is 3.70. The minimum absolute atomic E-state index is 0.0213. The molecule has 2 aromatic rings. The standard InChI is InChI=1S/C18H26N6O2/c1-13-15(14(2)23(4)21-13)10-16(25)22(3)11-18(26)6-9-24(12-18)17-19-7-5-8-20-17/h5,7-8,26H,6,9-12H2,1-4H3. The Morgan fingerprint density at radius 2 is 2.04 bits per heavy atom. The number of carbonyl (C=O) groups excluding carboxylic acids is 1. The van der Waals surface area contributed by atoms with Crippen molar-refractivity contribution in [3.63, 3.8) is 0 Å². The van der Waals surface area contributed by atoms with Crippen LogP contribution in [0.1, 0.15) is 23.4 Å². The van der Waals surface area contributed by atoms with Crippen molar-refractivity contribution in [1.29, 1.82) is 0 Å². The van der Waals surface area contributed by atoms with Crippen LogP contribution in [-0.4, -0.2) is 67.9 Å². The van der Waals surface area contributed by atoms with Gasteiger partial charge in [-0.05, 0) is 26.3 Å². The van der Waals surface area contributed by atoms with Gasteiger partial charge in [0.25, 0.3) is 0 Å². The fourth-order valence-corrected chi connectivity index (χ4v) is 3.50. The van der Waals surface area contributed by atoms with Gasteiger partial charge in [0.2, 0.25) is 11.9 Å². The van der Waals surface area contributed by atoms with Crippen molar-refractivity contribution in [2.24, 2.45) is 7.05 Å². The zero-order valence-corrected chi connectivity index (χ0v) is 15.8. The van der Waals surface area contributed by atoms with E-state index in [4.69, 9.17) is 0 Å². The van der Waals surface area contributed by atoms with Crippen LogP contribution in [0.3, 0.4) is 0 Å². The van der Waals surface area contributed by atoms with E-state index in [1.165, 1.54) is 0 Å². The van der Waals surface area contributed by atoms with E-state index in [-0.39, 0.29) is 12.5 Å². The highest BCUT2D eigenvalue weighted by molar-refractivity contribution is 5.79. The third-order valence-electron chi connectivity index (χ3n) is 5.11. The first-order valence-electron chi connectivity index (χ1n) is 8.76. The second kappa shape index (κ2) is 7.03. The van der Waals surface area contributed by atoms with Crippen molar-refractivity contribution in [2.45, 2.75) is 32.3 Å². The van der Waals surface area contributed by atoms with E-state index < -0.39 is 5.60 Å². The highest BCUT2D eigenvalue weighted by Crippen LogP contribution is 2.25. The zero-order chi connectivity index (χ0) is 18.9. The van der Waals surface area contributed by atoms with Gasteiger partial charge in [-0.25, -0.2) is 9.97 Å². The minimum Gasteiger partial charge on any atom is -0.386 e. The van der Waals surface area contributed by atoms with E-state index in [2.05, 4.69) is 15.1 Å². The van der Waals surface area contributed by atoms with Gasteiger partial charge in [-0.15, -0.1) is 0 Å². The zero-order valence-electron chi connectivity index (χ0n) is 15.8. The number of anilines is 1. The van der Waals surface area contributed by atoms with E-state index in [0.717, 1.165) is 17.0 Å². The Kier molecular flexibility index (Phi) is 4.95. The summed E-state index contributed by atoms with van der Waals surface area (Å²) in [6.07, 6.45) is 4.25. The van der Waals surface area contributed by atoms with Gasteiger partial charge in [0.15, 0.2) is 0 Å². The van der Waals surface area contributed by atoms with Gasteiger partial charge in [-0.1, -0.05) is 0 Å². The number of carbonyl (C=O) groups is 1. The molecule has 0 bridgehead atoms. The van der Waals surface area contributed by atoms with E-state index in [1.807, 2.05) is 25.8 Å². The van der Waals surface area contributed by atoms with Crippen molar-refractivity contribution in [2.75, 3.05) is 31.6 Å². The molecule has 0 radical (unpaired) electrons.